The molecule has 18 heavy (non-hydrogen) atoms. The van der Waals surface area contributed by atoms with Gasteiger partial charge in [-0.3, -0.25) is 0 Å². The second kappa shape index (κ2) is 6.93. The van der Waals surface area contributed by atoms with Crippen molar-refractivity contribution >= 4 is 0 Å². The average molecular weight is 251 g/mol. The van der Waals surface area contributed by atoms with Gasteiger partial charge < -0.3 is 5.32 Å². The number of hydrogen-bond donors (Lipinski definition) is 1. The van der Waals surface area contributed by atoms with Crippen LogP contribution in [0.15, 0.2) is 0 Å². The highest BCUT2D eigenvalue weighted by atomic mass is 14.9. The van der Waals surface area contributed by atoms with Gasteiger partial charge in [0.25, 0.3) is 0 Å². The van der Waals surface area contributed by atoms with Crippen molar-refractivity contribution < 1.29 is 0 Å². The van der Waals surface area contributed by atoms with Crippen LogP contribution in [0.25, 0.3) is 0 Å². The fourth-order valence-electron chi connectivity index (χ4n) is 4.21. The Hall–Kier alpha value is -0.0400. The fraction of sp³-hybridized carbons (Fsp3) is 1.00. The summed E-state index contributed by atoms with van der Waals surface area (Å²) >= 11 is 0. The van der Waals surface area contributed by atoms with Crippen LogP contribution in [0, 0.1) is 23.7 Å². The van der Waals surface area contributed by atoms with Crippen LogP contribution in [0.2, 0.25) is 0 Å². The highest BCUT2D eigenvalue weighted by Crippen LogP contribution is 2.32. The van der Waals surface area contributed by atoms with Crippen molar-refractivity contribution in [2.45, 2.75) is 78.2 Å². The first-order valence-corrected chi connectivity index (χ1v) is 8.42. The van der Waals surface area contributed by atoms with Crippen LogP contribution in [0.4, 0.5) is 0 Å². The van der Waals surface area contributed by atoms with E-state index in [-0.39, 0.29) is 0 Å². The Bertz CT molecular complexity index is 236. The third-order valence-electron chi connectivity index (χ3n) is 5.61. The van der Waals surface area contributed by atoms with Crippen molar-refractivity contribution in [1.29, 1.82) is 0 Å². The smallest absolute Gasteiger partial charge is 0.00978 e. The number of nitrogens with one attached hydrogen (secondary N) is 1. The molecule has 0 aromatic carbocycles. The Morgan fingerprint density at radius 3 is 2.33 bits per heavy atom. The average Bonchev–Trinajstić information content (AvgIpc) is 2.38. The summed E-state index contributed by atoms with van der Waals surface area (Å²) in [5.41, 5.74) is 0. The molecule has 0 saturated heterocycles. The van der Waals surface area contributed by atoms with Gasteiger partial charge in [0.2, 0.25) is 0 Å². The van der Waals surface area contributed by atoms with Crippen molar-refractivity contribution in [2.24, 2.45) is 23.7 Å². The Balaban J connectivity index is 1.80. The molecule has 2 rings (SSSR count). The second-order valence-corrected chi connectivity index (χ2v) is 7.23. The minimum absolute atomic E-state index is 0.813. The van der Waals surface area contributed by atoms with Gasteiger partial charge in [-0.15, -0.1) is 0 Å². The van der Waals surface area contributed by atoms with E-state index in [1.54, 1.807) is 0 Å². The van der Waals surface area contributed by atoms with E-state index in [2.05, 4.69) is 26.1 Å². The quantitative estimate of drug-likeness (QED) is 0.769. The van der Waals surface area contributed by atoms with E-state index in [4.69, 9.17) is 0 Å². The topological polar surface area (TPSA) is 12.0 Å². The Morgan fingerprint density at radius 1 is 0.944 bits per heavy atom. The molecule has 0 heterocycles. The van der Waals surface area contributed by atoms with Gasteiger partial charge in [0.1, 0.15) is 0 Å². The maximum Gasteiger partial charge on any atom is 0.00978 e. The van der Waals surface area contributed by atoms with Crippen LogP contribution < -0.4 is 5.32 Å². The molecule has 1 N–H and O–H groups in total. The van der Waals surface area contributed by atoms with Gasteiger partial charge in [0.05, 0.1) is 0 Å². The Morgan fingerprint density at radius 2 is 1.61 bits per heavy atom. The maximum absolute atomic E-state index is 3.95. The van der Waals surface area contributed by atoms with Crippen molar-refractivity contribution in [3.8, 4) is 0 Å². The summed E-state index contributed by atoms with van der Waals surface area (Å²) in [4.78, 5) is 0. The van der Waals surface area contributed by atoms with Crippen LogP contribution >= 0.6 is 0 Å². The predicted molar refractivity (Wildman–Crippen MR) is 79.7 cm³/mol. The SMILES string of the molecule is CC(C)C1CCCCC1NCC1CCCCC1C. The van der Waals surface area contributed by atoms with Crippen LogP contribution in [0.1, 0.15) is 72.1 Å². The lowest BCUT2D eigenvalue weighted by Gasteiger charge is -2.37. The van der Waals surface area contributed by atoms with Gasteiger partial charge in [-0.05, 0) is 49.5 Å². The molecule has 0 aliphatic heterocycles. The molecule has 2 fully saturated rings. The van der Waals surface area contributed by atoms with Gasteiger partial charge in [-0.25, -0.2) is 0 Å². The lowest BCUT2D eigenvalue weighted by atomic mass is 9.76. The summed E-state index contributed by atoms with van der Waals surface area (Å²) in [6.07, 6.45) is 11.6. The van der Waals surface area contributed by atoms with E-state index in [0.717, 1.165) is 29.7 Å². The molecule has 2 saturated carbocycles. The maximum atomic E-state index is 3.95. The summed E-state index contributed by atoms with van der Waals surface area (Å²) in [7, 11) is 0. The fourth-order valence-corrected chi connectivity index (χ4v) is 4.21. The molecule has 4 unspecified atom stereocenters. The molecule has 1 nitrogen and oxygen atoms in total. The molecule has 106 valence electrons. The van der Waals surface area contributed by atoms with Gasteiger partial charge in [-0.2, -0.15) is 0 Å². The summed E-state index contributed by atoms with van der Waals surface area (Å²) in [5, 5.41) is 3.95. The Labute approximate surface area is 114 Å². The van der Waals surface area contributed by atoms with Crippen LogP contribution in [-0.4, -0.2) is 12.6 Å². The van der Waals surface area contributed by atoms with Crippen molar-refractivity contribution in [3.63, 3.8) is 0 Å². The van der Waals surface area contributed by atoms with E-state index in [0.29, 0.717) is 0 Å². The van der Waals surface area contributed by atoms with Gasteiger partial charge in [0.15, 0.2) is 0 Å². The minimum atomic E-state index is 0.813. The molecule has 0 bridgehead atoms. The lowest BCUT2D eigenvalue weighted by Crippen LogP contribution is -2.44. The third kappa shape index (κ3) is 3.73. The summed E-state index contributed by atoms with van der Waals surface area (Å²) in [5.74, 6) is 3.69. The van der Waals surface area contributed by atoms with E-state index in [1.165, 1.54) is 57.9 Å². The van der Waals surface area contributed by atoms with Crippen LogP contribution in [-0.2, 0) is 0 Å². The van der Waals surface area contributed by atoms with Crippen molar-refractivity contribution in [3.05, 3.63) is 0 Å². The third-order valence-corrected chi connectivity index (χ3v) is 5.61. The number of hydrogen-bond acceptors (Lipinski definition) is 1. The standard InChI is InChI=1S/C17H33N/c1-13(2)16-10-6-7-11-17(16)18-12-15-9-5-4-8-14(15)3/h13-18H,4-12H2,1-3H3. The first kappa shape index (κ1) is 14.4. The van der Waals surface area contributed by atoms with E-state index in [9.17, 15) is 0 Å². The highest BCUT2D eigenvalue weighted by molar-refractivity contribution is 4.84. The number of rotatable bonds is 4. The zero-order chi connectivity index (χ0) is 13.0. The van der Waals surface area contributed by atoms with E-state index in [1.807, 2.05) is 0 Å². The summed E-state index contributed by atoms with van der Waals surface area (Å²) < 4.78 is 0. The van der Waals surface area contributed by atoms with E-state index < -0.39 is 0 Å². The molecule has 0 radical (unpaired) electrons. The monoisotopic (exact) mass is 251 g/mol. The highest BCUT2D eigenvalue weighted by Gasteiger charge is 2.28. The molecule has 4 atom stereocenters. The summed E-state index contributed by atoms with van der Waals surface area (Å²) in [6.45, 7) is 8.57. The van der Waals surface area contributed by atoms with Gasteiger partial charge >= 0.3 is 0 Å². The second-order valence-electron chi connectivity index (χ2n) is 7.23. The van der Waals surface area contributed by atoms with Gasteiger partial charge in [-0.1, -0.05) is 52.9 Å². The molecule has 0 amide bonds. The predicted octanol–water partition coefficient (Wildman–Crippen LogP) is 4.62. The molecule has 2 aliphatic rings. The van der Waals surface area contributed by atoms with Crippen LogP contribution in [0.3, 0.4) is 0 Å². The van der Waals surface area contributed by atoms with Gasteiger partial charge in [0, 0.05) is 6.04 Å². The zero-order valence-electron chi connectivity index (χ0n) is 12.8. The molecule has 2 aliphatic carbocycles. The largest absolute Gasteiger partial charge is 0.313 e. The first-order chi connectivity index (χ1) is 8.68. The zero-order valence-corrected chi connectivity index (χ0v) is 12.8. The minimum Gasteiger partial charge on any atom is -0.313 e. The normalized spacial score (nSPS) is 38.0. The molecule has 0 aromatic rings. The van der Waals surface area contributed by atoms with E-state index >= 15 is 0 Å². The first-order valence-electron chi connectivity index (χ1n) is 8.42. The van der Waals surface area contributed by atoms with Crippen LogP contribution in [0.5, 0.6) is 0 Å². The molecule has 1 heteroatoms. The summed E-state index contributed by atoms with van der Waals surface area (Å²) in [6, 6.07) is 0.813. The Kier molecular flexibility index (Phi) is 5.54. The molecular formula is C17H33N. The lowest BCUT2D eigenvalue weighted by molar-refractivity contribution is 0.178. The molecule has 0 spiro atoms. The van der Waals surface area contributed by atoms with Crippen molar-refractivity contribution in [1.82, 2.24) is 5.32 Å². The molecular weight excluding hydrogens is 218 g/mol. The van der Waals surface area contributed by atoms with Crippen molar-refractivity contribution in [2.75, 3.05) is 6.54 Å². The molecule has 0 aromatic heterocycles.